The van der Waals surface area contributed by atoms with E-state index in [1.807, 2.05) is 72.8 Å². The second kappa shape index (κ2) is 11.2. The average molecular weight is 563 g/mol. The number of amides is 1. The maximum atomic E-state index is 13.8. The van der Waals surface area contributed by atoms with Crippen molar-refractivity contribution in [2.75, 3.05) is 10.6 Å². The number of hydrogen-bond donors (Lipinski definition) is 3. The van der Waals surface area contributed by atoms with Crippen LogP contribution in [0.5, 0.6) is 0 Å². The van der Waals surface area contributed by atoms with Crippen LogP contribution in [-0.4, -0.2) is 21.8 Å². The molecule has 3 N–H and O–H groups in total. The van der Waals surface area contributed by atoms with Crippen molar-refractivity contribution >= 4 is 46.0 Å². The van der Waals surface area contributed by atoms with Crippen molar-refractivity contribution in [1.82, 2.24) is 15.3 Å². The lowest BCUT2D eigenvalue weighted by Gasteiger charge is -2.27. The molecule has 7 nitrogen and oxygen atoms in total. The largest absolute Gasteiger partial charge is 0.329 e. The topological polar surface area (TPSA) is 91.3 Å². The number of anilines is 2. The van der Waals surface area contributed by atoms with Crippen LogP contribution in [0.15, 0.2) is 119 Å². The van der Waals surface area contributed by atoms with E-state index >= 15 is 0 Å². The summed E-state index contributed by atoms with van der Waals surface area (Å²) in [5.74, 6) is -0.0317. The van der Waals surface area contributed by atoms with E-state index < -0.39 is 6.04 Å². The zero-order chi connectivity index (χ0) is 28.3. The Labute approximate surface area is 240 Å². The number of guanidine groups is 1. The van der Waals surface area contributed by atoms with Crippen LogP contribution in [0.1, 0.15) is 18.5 Å². The molecule has 1 aromatic heterocycles. The number of nitrogens with one attached hydrogen (secondary N) is 3. The lowest BCUT2D eigenvalue weighted by molar-refractivity contribution is -0.113. The van der Waals surface area contributed by atoms with Gasteiger partial charge in [-0.25, -0.2) is 19.4 Å². The normalized spacial score (nSPS) is 14.8. The molecule has 0 fully saturated rings. The summed E-state index contributed by atoms with van der Waals surface area (Å²) in [6, 6.07) is 29.6. The smallest absolute Gasteiger partial charge is 0.255 e. The Hall–Kier alpha value is -5.08. The van der Waals surface area contributed by atoms with Crippen molar-refractivity contribution in [2.45, 2.75) is 13.0 Å². The molecule has 1 amide bonds. The Morgan fingerprint density at radius 3 is 2.34 bits per heavy atom. The van der Waals surface area contributed by atoms with Crippen molar-refractivity contribution in [1.29, 1.82) is 0 Å². The van der Waals surface area contributed by atoms with Gasteiger partial charge in [0.2, 0.25) is 11.9 Å². The minimum absolute atomic E-state index is 0.313. The van der Waals surface area contributed by atoms with Crippen molar-refractivity contribution in [2.24, 2.45) is 4.99 Å². The fourth-order valence-electron chi connectivity index (χ4n) is 4.72. The van der Waals surface area contributed by atoms with Gasteiger partial charge in [0, 0.05) is 27.4 Å². The number of halogens is 2. The molecule has 9 heteroatoms. The Morgan fingerprint density at radius 1 is 0.902 bits per heavy atom. The lowest BCUT2D eigenvalue weighted by atomic mass is 9.95. The van der Waals surface area contributed by atoms with E-state index in [9.17, 15) is 9.18 Å². The molecule has 1 aliphatic heterocycles. The molecule has 202 valence electrons. The number of hydrogen-bond acceptors (Lipinski definition) is 6. The third-order valence-electron chi connectivity index (χ3n) is 6.64. The van der Waals surface area contributed by atoms with E-state index in [-0.39, 0.29) is 11.7 Å². The number of benzene rings is 4. The van der Waals surface area contributed by atoms with Gasteiger partial charge in [0.25, 0.3) is 5.91 Å². The molecule has 5 aromatic rings. The minimum atomic E-state index is -0.712. The van der Waals surface area contributed by atoms with Crippen molar-refractivity contribution in [3.05, 3.63) is 131 Å². The summed E-state index contributed by atoms with van der Waals surface area (Å²) >= 11 is 6.30. The molecule has 0 radical (unpaired) electrons. The maximum absolute atomic E-state index is 13.8. The van der Waals surface area contributed by atoms with Crippen molar-refractivity contribution in [3.63, 3.8) is 0 Å². The quantitative estimate of drug-likeness (QED) is 0.212. The Morgan fingerprint density at radius 2 is 1.61 bits per heavy atom. The van der Waals surface area contributed by atoms with E-state index in [0.717, 1.165) is 10.9 Å². The van der Waals surface area contributed by atoms with Crippen molar-refractivity contribution < 1.29 is 9.18 Å². The van der Waals surface area contributed by atoms with Crippen LogP contribution < -0.4 is 16.0 Å². The van der Waals surface area contributed by atoms with Crippen LogP contribution in [-0.2, 0) is 4.79 Å². The van der Waals surface area contributed by atoms with Crippen LogP contribution in [0.2, 0.25) is 5.02 Å². The monoisotopic (exact) mass is 562 g/mol. The lowest BCUT2D eigenvalue weighted by Crippen LogP contribution is -2.37. The van der Waals surface area contributed by atoms with E-state index in [1.54, 1.807) is 25.1 Å². The number of allylic oxidation sites excluding steroid dienone is 1. The van der Waals surface area contributed by atoms with Gasteiger partial charge in [0.1, 0.15) is 11.9 Å². The molecule has 0 spiro atoms. The van der Waals surface area contributed by atoms with E-state index in [1.165, 1.54) is 12.1 Å². The molecular formula is C32H24ClFN6O. The summed E-state index contributed by atoms with van der Waals surface area (Å²) in [6.45, 7) is 1.80. The van der Waals surface area contributed by atoms with Crippen LogP contribution in [0, 0.1) is 5.82 Å². The number of carbonyl (C=O) groups is 1. The van der Waals surface area contributed by atoms with Gasteiger partial charge in [-0.3, -0.25) is 10.1 Å². The Bertz CT molecular complexity index is 1810. The first-order valence-corrected chi connectivity index (χ1v) is 13.3. The van der Waals surface area contributed by atoms with Crippen LogP contribution in [0.3, 0.4) is 0 Å². The molecule has 0 bridgehead atoms. The second-order valence-electron chi connectivity index (χ2n) is 9.46. The zero-order valence-electron chi connectivity index (χ0n) is 21.9. The van der Waals surface area contributed by atoms with Gasteiger partial charge in [-0.05, 0) is 55.0 Å². The zero-order valence-corrected chi connectivity index (χ0v) is 22.7. The highest BCUT2D eigenvalue weighted by Gasteiger charge is 2.30. The molecule has 0 saturated heterocycles. The number of carbonyl (C=O) groups excluding carboxylic acids is 1. The van der Waals surface area contributed by atoms with Gasteiger partial charge in [0.15, 0.2) is 0 Å². The van der Waals surface area contributed by atoms with E-state index in [0.29, 0.717) is 50.7 Å². The fourth-order valence-corrected chi connectivity index (χ4v) is 4.89. The molecule has 6 rings (SSSR count). The molecule has 1 unspecified atom stereocenters. The van der Waals surface area contributed by atoms with Gasteiger partial charge >= 0.3 is 0 Å². The summed E-state index contributed by atoms with van der Waals surface area (Å²) in [6.07, 6.45) is 0. The summed E-state index contributed by atoms with van der Waals surface area (Å²) in [4.78, 5) is 27.8. The first-order valence-electron chi connectivity index (χ1n) is 12.9. The van der Waals surface area contributed by atoms with Crippen molar-refractivity contribution in [3.8, 4) is 11.3 Å². The SMILES string of the molecule is CC1=C(C(=O)Nc2ccccc2)C(c2ccc(F)cc2)N=C(Nc2nc(-c3ccccc3)c3cc(Cl)ccc3n2)N1. The molecule has 2 heterocycles. The number of fused-ring (bicyclic) bond motifs is 1. The van der Waals surface area contributed by atoms with Crippen LogP contribution in [0.4, 0.5) is 16.0 Å². The Kier molecular flexibility index (Phi) is 7.14. The summed E-state index contributed by atoms with van der Waals surface area (Å²) < 4.78 is 13.8. The highest BCUT2D eigenvalue weighted by Crippen LogP contribution is 2.33. The first kappa shape index (κ1) is 26.2. The number of aliphatic imine (C=N–C) groups is 1. The van der Waals surface area contributed by atoms with Crippen LogP contribution in [0.25, 0.3) is 22.2 Å². The predicted molar refractivity (Wildman–Crippen MR) is 161 cm³/mol. The highest BCUT2D eigenvalue weighted by atomic mass is 35.5. The summed E-state index contributed by atoms with van der Waals surface area (Å²) in [5.41, 5.74) is 4.62. The molecule has 0 saturated carbocycles. The Balaban J connectivity index is 1.38. The average Bonchev–Trinajstić information content (AvgIpc) is 2.98. The van der Waals surface area contributed by atoms with E-state index in [4.69, 9.17) is 26.6 Å². The van der Waals surface area contributed by atoms with Crippen LogP contribution >= 0.6 is 11.6 Å². The summed E-state index contributed by atoms with van der Waals surface area (Å²) in [7, 11) is 0. The standard InChI is InChI=1S/C32H24ClFN6O/c1-19-27(30(41)36-24-10-6-3-7-11-24)29(21-12-15-23(34)16-13-21)39-31(35-19)40-32-37-26-17-14-22(33)18-25(26)28(38-32)20-8-4-2-5-9-20/h2-18,29H,1H3,(H,36,41)(H2,35,37,38,39,40). The number of para-hydroxylation sites is 1. The molecule has 0 aliphatic carbocycles. The summed E-state index contributed by atoms with van der Waals surface area (Å²) in [5, 5.41) is 10.7. The third-order valence-corrected chi connectivity index (χ3v) is 6.87. The fraction of sp³-hybridized carbons (Fsp3) is 0.0625. The van der Waals surface area contributed by atoms with Gasteiger partial charge in [-0.1, -0.05) is 72.3 Å². The molecule has 41 heavy (non-hydrogen) atoms. The number of aromatic nitrogens is 2. The molecule has 1 aliphatic rings. The number of rotatable bonds is 5. The van der Waals surface area contributed by atoms with E-state index in [2.05, 4.69) is 16.0 Å². The predicted octanol–water partition coefficient (Wildman–Crippen LogP) is 7.11. The van der Waals surface area contributed by atoms with Gasteiger partial charge in [-0.2, -0.15) is 0 Å². The minimum Gasteiger partial charge on any atom is -0.329 e. The first-order chi connectivity index (χ1) is 19.9. The van der Waals surface area contributed by atoms with Gasteiger partial charge < -0.3 is 10.6 Å². The maximum Gasteiger partial charge on any atom is 0.255 e. The third kappa shape index (κ3) is 5.64. The highest BCUT2D eigenvalue weighted by molar-refractivity contribution is 6.31. The molecule has 1 atom stereocenters. The number of nitrogens with zero attached hydrogens (tertiary/aromatic N) is 3. The molecular weight excluding hydrogens is 539 g/mol. The molecule has 4 aromatic carbocycles. The second-order valence-corrected chi connectivity index (χ2v) is 9.90. The van der Waals surface area contributed by atoms with Gasteiger partial charge in [-0.15, -0.1) is 0 Å². The van der Waals surface area contributed by atoms with Gasteiger partial charge in [0.05, 0.1) is 16.8 Å².